The highest BCUT2D eigenvalue weighted by Gasteiger charge is 2.23. The fraction of sp³-hybridized carbons (Fsp3) is 0.368. The molecule has 1 amide bonds. The van der Waals surface area contributed by atoms with Gasteiger partial charge in [0.2, 0.25) is 21.9 Å². The number of piperazine rings is 1. The number of nitrogens with one attached hydrogen (secondary N) is 1. The first-order valence-electron chi connectivity index (χ1n) is 9.44. The molecule has 3 heterocycles. The average Bonchev–Trinajstić information content (AvgIpc) is 2.73. The van der Waals surface area contributed by atoms with E-state index in [2.05, 4.69) is 25.2 Å². The molecule has 0 aliphatic carbocycles. The summed E-state index contributed by atoms with van der Waals surface area (Å²) in [4.78, 5) is 26.4. The normalized spacial score (nSPS) is 17.0. The Morgan fingerprint density at radius 1 is 1.07 bits per heavy atom. The molecule has 1 aromatic heterocycles. The number of rotatable bonds is 5. The number of hydrogen-bond donors (Lipinski definition) is 1. The summed E-state index contributed by atoms with van der Waals surface area (Å²) < 4.78 is 30.1. The lowest BCUT2D eigenvalue weighted by atomic mass is 10.2. The number of fused-ring (bicyclic) bond motifs is 1. The molecule has 158 valence electrons. The van der Waals surface area contributed by atoms with Crippen molar-refractivity contribution in [3.63, 3.8) is 0 Å². The summed E-state index contributed by atoms with van der Waals surface area (Å²) in [6, 6.07) is 7.69. The lowest BCUT2D eigenvalue weighted by molar-refractivity contribution is -0.117. The molecule has 1 aromatic carbocycles. The number of ether oxygens (including phenoxy) is 1. The largest absolute Gasteiger partial charge is 0.480 e. The third kappa shape index (κ3) is 4.26. The molecule has 30 heavy (non-hydrogen) atoms. The van der Waals surface area contributed by atoms with Gasteiger partial charge >= 0.3 is 0 Å². The molecule has 11 heteroatoms. The second-order valence-corrected chi connectivity index (χ2v) is 9.01. The molecule has 2 aromatic rings. The summed E-state index contributed by atoms with van der Waals surface area (Å²) in [7, 11) is -1.64. The van der Waals surface area contributed by atoms with Crippen LogP contribution in [0, 0.1) is 0 Å². The molecule has 1 saturated heterocycles. The zero-order valence-electron chi connectivity index (χ0n) is 16.7. The SMILES string of the molecule is COc1nc(Nc2ccc(N3CCN(S(C)(=O)=O)CC3)cc2)nc2c1=CCC(=O)N=2. The van der Waals surface area contributed by atoms with Crippen LogP contribution < -0.4 is 25.7 Å². The van der Waals surface area contributed by atoms with E-state index in [9.17, 15) is 13.2 Å². The number of amides is 1. The smallest absolute Gasteiger partial charge is 0.251 e. The number of aromatic nitrogens is 2. The van der Waals surface area contributed by atoms with Crippen molar-refractivity contribution >= 4 is 39.3 Å². The third-order valence-electron chi connectivity index (χ3n) is 4.99. The van der Waals surface area contributed by atoms with Crippen LogP contribution in [0.3, 0.4) is 0 Å². The Morgan fingerprint density at radius 2 is 1.77 bits per heavy atom. The summed E-state index contributed by atoms with van der Waals surface area (Å²) >= 11 is 0. The number of sulfonamides is 1. The summed E-state index contributed by atoms with van der Waals surface area (Å²) in [6.07, 6.45) is 3.16. The van der Waals surface area contributed by atoms with E-state index < -0.39 is 10.0 Å². The lowest BCUT2D eigenvalue weighted by Gasteiger charge is -2.34. The number of nitrogens with zero attached hydrogens (tertiary/aromatic N) is 5. The molecule has 0 saturated carbocycles. The molecule has 0 bridgehead atoms. The van der Waals surface area contributed by atoms with E-state index in [-0.39, 0.29) is 18.3 Å². The number of methoxy groups -OCH3 is 1. The maximum atomic E-state index is 11.7. The summed E-state index contributed by atoms with van der Waals surface area (Å²) in [5, 5.41) is 3.72. The molecular weight excluding hydrogens is 408 g/mol. The van der Waals surface area contributed by atoms with Crippen LogP contribution >= 0.6 is 0 Å². The third-order valence-corrected chi connectivity index (χ3v) is 6.29. The van der Waals surface area contributed by atoms with Gasteiger partial charge in [-0.1, -0.05) is 6.08 Å². The topological polar surface area (TPSA) is 117 Å². The molecular formula is C19H22N6O4S. The lowest BCUT2D eigenvalue weighted by Crippen LogP contribution is -2.48. The van der Waals surface area contributed by atoms with E-state index in [1.54, 1.807) is 6.08 Å². The van der Waals surface area contributed by atoms with Crippen molar-refractivity contribution in [3.8, 4) is 5.88 Å². The van der Waals surface area contributed by atoms with Gasteiger partial charge in [0.25, 0.3) is 5.91 Å². The molecule has 0 radical (unpaired) electrons. The molecule has 0 spiro atoms. The van der Waals surface area contributed by atoms with Crippen LogP contribution in [0.4, 0.5) is 17.3 Å². The van der Waals surface area contributed by atoms with E-state index in [1.807, 2.05) is 24.3 Å². The zero-order chi connectivity index (χ0) is 21.3. The van der Waals surface area contributed by atoms with Gasteiger partial charge in [-0.3, -0.25) is 4.79 Å². The van der Waals surface area contributed by atoms with E-state index in [1.165, 1.54) is 17.7 Å². The van der Waals surface area contributed by atoms with Crippen molar-refractivity contribution in [2.24, 2.45) is 4.99 Å². The molecule has 1 N–H and O–H groups in total. The predicted molar refractivity (Wildman–Crippen MR) is 112 cm³/mol. The van der Waals surface area contributed by atoms with Crippen LogP contribution in [0.25, 0.3) is 6.08 Å². The van der Waals surface area contributed by atoms with E-state index in [4.69, 9.17) is 4.74 Å². The van der Waals surface area contributed by atoms with Crippen molar-refractivity contribution in [1.82, 2.24) is 14.3 Å². The fourth-order valence-electron chi connectivity index (χ4n) is 3.43. The number of hydrogen-bond acceptors (Lipinski definition) is 8. The van der Waals surface area contributed by atoms with Gasteiger partial charge in [0, 0.05) is 44.0 Å². The highest BCUT2D eigenvalue weighted by Crippen LogP contribution is 2.21. The Morgan fingerprint density at radius 3 is 2.40 bits per heavy atom. The minimum atomic E-state index is -3.15. The molecule has 10 nitrogen and oxygen atoms in total. The van der Waals surface area contributed by atoms with Crippen LogP contribution in [-0.4, -0.2) is 68.1 Å². The van der Waals surface area contributed by atoms with E-state index in [0.717, 1.165) is 11.4 Å². The molecule has 0 atom stereocenters. The Kier molecular flexibility index (Phi) is 5.39. The van der Waals surface area contributed by atoms with Crippen molar-refractivity contribution in [1.29, 1.82) is 0 Å². The van der Waals surface area contributed by atoms with E-state index in [0.29, 0.717) is 42.8 Å². The Labute approximate surface area is 174 Å². The van der Waals surface area contributed by atoms with Crippen LogP contribution in [0.15, 0.2) is 29.3 Å². The second-order valence-electron chi connectivity index (χ2n) is 7.03. The zero-order valence-corrected chi connectivity index (χ0v) is 17.5. The van der Waals surface area contributed by atoms with Gasteiger partial charge in [-0.15, -0.1) is 0 Å². The maximum Gasteiger partial charge on any atom is 0.251 e. The fourth-order valence-corrected chi connectivity index (χ4v) is 4.26. The maximum absolute atomic E-state index is 11.7. The Bertz CT molecular complexity index is 1190. The molecule has 2 aliphatic rings. The quantitative estimate of drug-likeness (QED) is 0.684. The summed E-state index contributed by atoms with van der Waals surface area (Å²) in [6.45, 7) is 2.22. The average molecular weight is 430 g/mol. The van der Waals surface area contributed by atoms with Crippen molar-refractivity contribution in [2.45, 2.75) is 6.42 Å². The highest BCUT2D eigenvalue weighted by molar-refractivity contribution is 7.88. The standard InChI is InChI=1S/C19H22N6O4S/c1-29-18-15-7-8-16(26)21-17(15)22-19(23-18)20-13-3-5-14(6-4-13)24-9-11-25(12-10-24)30(2,27)28/h3-7H,8-12H2,1-2H3,(H,20,21,22,26). The number of carbonyl (C=O) groups excluding carboxylic acids is 1. The van der Waals surface area contributed by atoms with Gasteiger partial charge < -0.3 is 15.0 Å². The van der Waals surface area contributed by atoms with Crippen LogP contribution in [0.1, 0.15) is 6.42 Å². The Hall–Kier alpha value is -3.05. The van der Waals surface area contributed by atoms with Gasteiger partial charge in [0.15, 0.2) is 5.49 Å². The Balaban J connectivity index is 1.49. The summed E-state index contributed by atoms with van der Waals surface area (Å²) in [5.41, 5.74) is 2.07. The minimum absolute atomic E-state index is 0.208. The van der Waals surface area contributed by atoms with Crippen molar-refractivity contribution in [3.05, 3.63) is 35.0 Å². The molecule has 2 aliphatic heterocycles. The van der Waals surface area contributed by atoms with E-state index >= 15 is 0 Å². The monoisotopic (exact) mass is 430 g/mol. The van der Waals surface area contributed by atoms with Crippen molar-refractivity contribution < 1.29 is 17.9 Å². The molecule has 4 rings (SSSR count). The van der Waals surface area contributed by atoms with Crippen LogP contribution in [0.5, 0.6) is 5.88 Å². The number of anilines is 3. The second kappa shape index (κ2) is 8.00. The van der Waals surface area contributed by atoms with Crippen LogP contribution in [0.2, 0.25) is 0 Å². The summed E-state index contributed by atoms with van der Waals surface area (Å²) in [5.74, 6) is 0.389. The first-order chi connectivity index (χ1) is 14.3. The van der Waals surface area contributed by atoms with Gasteiger partial charge in [-0.25, -0.2) is 8.42 Å². The predicted octanol–water partition coefficient (Wildman–Crippen LogP) is -0.359. The first kappa shape index (κ1) is 20.2. The highest BCUT2D eigenvalue weighted by atomic mass is 32.2. The minimum Gasteiger partial charge on any atom is -0.480 e. The van der Waals surface area contributed by atoms with Gasteiger partial charge in [0.1, 0.15) is 0 Å². The van der Waals surface area contributed by atoms with Gasteiger partial charge in [-0.2, -0.15) is 19.3 Å². The van der Waals surface area contributed by atoms with Gasteiger partial charge in [-0.05, 0) is 24.3 Å². The number of carbonyl (C=O) groups is 1. The van der Waals surface area contributed by atoms with Gasteiger partial charge in [0.05, 0.1) is 18.6 Å². The molecule has 1 fully saturated rings. The number of benzene rings is 1. The first-order valence-corrected chi connectivity index (χ1v) is 11.3. The van der Waals surface area contributed by atoms with Crippen molar-refractivity contribution in [2.75, 3.05) is 49.8 Å². The molecule has 0 unspecified atom stereocenters. The van der Waals surface area contributed by atoms with Crippen LogP contribution in [-0.2, 0) is 14.8 Å².